The van der Waals surface area contributed by atoms with Crippen LogP contribution in [0.1, 0.15) is 32.1 Å². The van der Waals surface area contributed by atoms with Crippen LogP contribution in [0.5, 0.6) is 0 Å². The molecule has 4 nitrogen and oxygen atoms in total. The molecule has 1 amide bonds. The Bertz CT molecular complexity index is 221. The molecule has 0 spiro atoms. The van der Waals surface area contributed by atoms with Gasteiger partial charge < -0.3 is 10.2 Å². The molecule has 0 aromatic rings. The molecule has 2 saturated heterocycles. The lowest BCUT2D eigenvalue weighted by atomic mass is 9.95. The molecule has 0 radical (unpaired) electrons. The Labute approximate surface area is 104 Å². The molecule has 2 aliphatic heterocycles. The van der Waals surface area contributed by atoms with E-state index in [9.17, 15) is 4.79 Å². The SMILES string of the molecule is O=CNCN1CCC(CN2CCCCC2)CC1. The zero-order valence-electron chi connectivity index (χ0n) is 10.7. The van der Waals surface area contributed by atoms with Gasteiger partial charge in [-0.25, -0.2) is 0 Å². The Balaban J connectivity index is 1.62. The van der Waals surface area contributed by atoms with Gasteiger partial charge in [0.15, 0.2) is 0 Å². The summed E-state index contributed by atoms with van der Waals surface area (Å²) in [7, 11) is 0. The Kier molecular flexibility index (Phi) is 5.26. The van der Waals surface area contributed by atoms with Gasteiger partial charge in [0, 0.05) is 19.6 Å². The maximum Gasteiger partial charge on any atom is 0.208 e. The minimum atomic E-state index is 0.722. The molecule has 0 unspecified atom stereocenters. The highest BCUT2D eigenvalue weighted by molar-refractivity contribution is 5.45. The number of carbonyl (C=O) groups excluding carboxylic acids is 1. The van der Waals surface area contributed by atoms with Crippen LogP contribution in [-0.4, -0.2) is 55.6 Å². The van der Waals surface area contributed by atoms with Crippen molar-refractivity contribution in [3.63, 3.8) is 0 Å². The average Bonchev–Trinajstić information content (AvgIpc) is 2.39. The second-order valence-electron chi connectivity index (χ2n) is 5.40. The molecule has 17 heavy (non-hydrogen) atoms. The van der Waals surface area contributed by atoms with E-state index in [2.05, 4.69) is 15.1 Å². The van der Waals surface area contributed by atoms with Gasteiger partial charge in [-0.3, -0.25) is 9.69 Å². The maximum atomic E-state index is 10.2. The third kappa shape index (κ3) is 4.28. The molecule has 0 aliphatic carbocycles. The summed E-state index contributed by atoms with van der Waals surface area (Å²) in [5, 5.41) is 2.75. The van der Waals surface area contributed by atoms with Crippen LogP contribution >= 0.6 is 0 Å². The van der Waals surface area contributed by atoms with Crippen LogP contribution in [0, 0.1) is 5.92 Å². The summed E-state index contributed by atoms with van der Waals surface area (Å²) in [6.45, 7) is 6.92. The number of hydrogen-bond donors (Lipinski definition) is 1. The Hall–Kier alpha value is -0.610. The molecule has 0 atom stereocenters. The van der Waals surface area contributed by atoms with Crippen molar-refractivity contribution in [2.45, 2.75) is 32.1 Å². The Morgan fingerprint density at radius 3 is 2.35 bits per heavy atom. The lowest BCUT2D eigenvalue weighted by Crippen LogP contribution is -2.43. The van der Waals surface area contributed by atoms with E-state index in [-0.39, 0.29) is 0 Å². The summed E-state index contributed by atoms with van der Waals surface area (Å²) in [5.41, 5.74) is 0. The molecule has 0 aromatic heterocycles. The van der Waals surface area contributed by atoms with E-state index < -0.39 is 0 Å². The molecule has 98 valence electrons. The van der Waals surface area contributed by atoms with Gasteiger partial charge in [0.1, 0.15) is 0 Å². The minimum absolute atomic E-state index is 0.722. The van der Waals surface area contributed by atoms with Gasteiger partial charge in [-0.15, -0.1) is 0 Å². The molecule has 0 bridgehead atoms. The molecule has 2 fully saturated rings. The quantitative estimate of drug-likeness (QED) is 0.724. The zero-order valence-corrected chi connectivity index (χ0v) is 10.7. The van der Waals surface area contributed by atoms with Crippen LogP contribution in [0.15, 0.2) is 0 Å². The number of nitrogens with one attached hydrogen (secondary N) is 1. The third-order valence-electron chi connectivity index (χ3n) is 4.07. The minimum Gasteiger partial charge on any atom is -0.346 e. The monoisotopic (exact) mass is 239 g/mol. The van der Waals surface area contributed by atoms with Gasteiger partial charge in [-0.05, 0) is 44.7 Å². The summed E-state index contributed by atoms with van der Waals surface area (Å²) in [4.78, 5) is 15.2. The number of hydrogen-bond acceptors (Lipinski definition) is 3. The second-order valence-corrected chi connectivity index (χ2v) is 5.40. The van der Waals surface area contributed by atoms with Gasteiger partial charge in [0.25, 0.3) is 0 Å². The highest BCUT2D eigenvalue weighted by Gasteiger charge is 2.21. The standard InChI is InChI=1S/C13H25N3O/c17-12-14-11-16-8-4-13(5-9-16)10-15-6-2-1-3-7-15/h12-13H,1-11H2,(H,14,17). The number of carbonyl (C=O) groups is 1. The maximum absolute atomic E-state index is 10.2. The molecule has 2 aliphatic rings. The van der Waals surface area contributed by atoms with E-state index in [0.29, 0.717) is 0 Å². The fourth-order valence-electron chi connectivity index (χ4n) is 3.00. The second kappa shape index (κ2) is 6.97. The molecule has 4 heteroatoms. The van der Waals surface area contributed by atoms with Gasteiger partial charge >= 0.3 is 0 Å². The van der Waals surface area contributed by atoms with E-state index in [1.54, 1.807) is 0 Å². The van der Waals surface area contributed by atoms with Gasteiger partial charge in [-0.1, -0.05) is 6.42 Å². The van der Waals surface area contributed by atoms with Gasteiger partial charge in [0.2, 0.25) is 6.41 Å². The van der Waals surface area contributed by atoms with Crippen LogP contribution in [0.25, 0.3) is 0 Å². The number of amides is 1. The van der Waals surface area contributed by atoms with Crippen LogP contribution in [0.2, 0.25) is 0 Å². The Morgan fingerprint density at radius 1 is 1.00 bits per heavy atom. The van der Waals surface area contributed by atoms with Crippen molar-refractivity contribution in [1.29, 1.82) is 0 Å². The fourth-order valence-corrected chi connectivity index (χ4v) is 3.00. The Morgan fingerprint density at radius 2 is 1.71 bits per heavy atom. The highest BCUT2D eigenvalue weighted by Crippen LogP contribution is 2.19. The van der Waals surface area contributed by atoms with E-state index in [4.69, 9.17) is 0 Å². The first-order valence-corrected chi connectivity index (χ1v) is 7.00. The van der Waals surface area contributed by atoms with Gasteiger partial charge in [0.05, 0.1) is 6.67 Å². The van der Waals surface area contributed by atoms with Crippen molar-refractivity contribution in [3.05, 3.63) is 0 Å². The van der Waals surface area contributed by atoms with Crippen LogP contribution in [-0.2, 0) is 4.79 Å². The molecule has 2 rings (SSSR count). The molecule has 0 aromatic carbocycles. The summed E-state index contributed by atoms with van der Waals surface area (Å²) in [6, 6.07) is 0. The number of likely N-dealkylation sites (tertiary alicyclic amines) is 2. The van der Waals surface area contributed by atoms with Crippen molar-refractivity contribution >= 4 is 6.41 Å². The van der Waals surface area contributed by atoms with Crippen molar-refractivity contribution < 1.29 is 4.79 Å². The summed E-state index contributed by atoms with van der Waals surface area (Å²) < 4.78 is 0. The van der Waals surface area contributed by atoms with Crippen molar-refractivity contribution in [2.24, 2.45) is 5.92 Å². The molecule has 1 N–H and O–H groups in total. The number of rotatable bonds is 5. The predicted molar refractivity (Wildman–Crippen MR) is 68.7 cm³/mol. The molecule has 0 saturated carbocycles. The number of piperidine rings is 2. The molecule has 2 heterocycles. The summed E-state index contributed by atoms with van der Waals surface area (Å²) in [5.74, 6) is 0.876. The van der Waals surface area contributed by atoms with Crippen molar-refractivity contribution in [1.82, 2.24) is 15.1 Å². The van der Waals surface area contributed by atoms with Crippen molar-refractivity contribution in [2.75, 3.05) is 39.4 Å². The fraction of sp³-hybridized carbons (Fsp3) is 0.923. The van der Waals surface area contributed by atoms with E-state index in [0.717, 1.165) is 32.1 Å². The molecular weight excluding hydrogens is 214 g/mol. The van der Waals surface area contributed by atoms with E-state index in [1.165, 1.54) is 51.7 Å². The van der Waals surface area contributed by atoms with E-state index >= 15 is 0 Å². The lowest BCUT2D eigenvalue weighted by molar-refractivity contribution is -0.110. The third-order valence-corrected chi connectivity index (χ3v) is 4.07. The predicted octanol–water partition coefficient (Wildman–Crippen LogP) is 0.888. The van der Waals surface area contributed by atoms with Crippen LogP contribution in [0.3, 0.4) is 0 Å². The smallest absolute Gasteiger partial charge is 0.208 e. The highest BCUT2D eigenvalue weighted by atomic mass is 16.1. The first-order chi connectivity index (χ1) is 8.38. The lowest BCUT2D eigenvalue weighted by Gasteiger charge is -2.35. The summed E-state index contributed by atoms with van der Waals surface area (Å²) >= 11 is 0. The van der Waals surface area contributed by atoms with Crippen LogP contribution < -0.4 is 5.32 Å². The van der Waals surface area contributed by atoms with E-state index in [1.807, 2.05) is 0 Å². The zero-order chi connectivity index (χ0) is 11.9. The van der Waals surface area contributed by atoms with Crippen molar-refractivity contribution in [3.8, 4) is 0 Å². The average molecular weight is 239 g/mol. The topological polar surface area (TPSA) is 35.6 Å². The number of nitrogens with zero attached hydrogens (tertiary/aromatic N) is 2. The largest absolute Gasteiger partial charge is 0.346 e. The molecular formula is C13H25N3O. The summed E-state index contributed by atoms with van der Waals surface area (Å²) in [6.07, 6.45) is 7.57. The van der Waals surface area contributed by atoms with Gasteiger partial charge in [-0.2, -0.15) is 0 Å². The van der Waals surface area contributed by atoms with Crippen LogP contribution in [0.4, 0.5) is 0 Å². The first-order valence-electron chi connectivity index (χ1n) is 7.00. The normalized spacial score (nSPS) is 24.7. The first kappa shape index (κ1) is 12.8.